The summed E-state index contributed by atoms with van der Waals surface area (Å²) in [5.41, 5.74) is 2.86. The highest BCUT2D eigenvalue weighted by atomic mass is 16.6. The summed E-state index contributed by atoms with van der Waals surface area (Å²) < 4.78 is 17.1. The summed E-state index contributed by atoms with van der Waals surface area (Å²) >= 11 is 0. The van der Waals surface area contributed by atoms with Gasteiger partial charge in [0.2, 0.25) is 0 Å². The van der Waals surface area contributed by atoms with Gasteiger partial charge in [0.15, 0.2) is 0 Å². The van der Waals surface area contributed by atoms with E-state index in [0.29, 0.717) is 60.9 Å². The van der Waals surface area contributed by atoms with Gasteiger partial charge in [-0.05, 0) is 41.3 Å². The Labute approximate surface area is 205 Å². The molecule has 0 aromatic heterocycles. The fraction of sp³-hybridized carbons (Fsp3) is 0.379. The zero-order chi connectivity index (χ0) is 24.7. The Bertz CT molecular complexity index is 1300. The van der Waals surface area contributed by atoms with Crippen molar-refractivity contribution in [2.24, 2.45) is 0 Å². The Balaban J connectivity index is 1.36. The van der Waals surface area contributed by atoms with E-state index in [1.165, 1.54) is 0 Å². The molecule has 3 aromatic rings. The molecular weight excluding hydrogens is 442 g/mol. The van der Waals surface area contributed by atoms with Crippen LogP contribution in [0, 0.1) is 0 Å². The summed E-state index contributed by atoms with van der Waals surface area (Å²) in [4.78, 5) is 28.2. The first kappa shape index (κ1) is 23.2. The molecule has 0 unspecified atom stereocenters. The average Bonchev–Trinajstić information content (AvgIpc) is 2.87. The number of likely N-dealkylation sites (tertiary alicyclic amines) is 1. The number of piperidine rings is 1. The summed E-state index contributed by atoms with van der Waals surface area (Å²) in [5.74, 6) is 1.38. The van der Waals surface area contributed by atoms with Crippen LogP contribution in [0.3, 0.4) is 0 Å². The number of methoxy groups -OCH3 is 2. The number of amides is 1. The number of carbonyl (C=O) groups excluding carboxylic acids is 2. The van der Waals surface area contributed by atoms with Crippen molar-refractivity contribution in [3.63, 3.8) is 0 Å². The molecule has 0 atom stereocenters. The topological polar surface area (TPSA) is 65.1 Å². The number of benzene rings is 3. The molecule has 6 heteroatoms. The van der Waals surface area contributed by atoms with Crippen LogP contribution in [0.2, 0.25) is 0 Å². The zero-order valence-corrected chi connectivity index (χ0v) is 20.7. The maximum atomic E-state index is 13.5. The van der Waals surface area contributed by atoms with Crippen molar-refractivity contribution >= 4 is 22.6 Å². The maximum absolute atomic E-state index is 13.5. The van der Waals surface area contributed by atoms with Gasteiger partial charge in [-0.3, -0.25) is 4.79 Å². The summed E-state index contributed by atoms with van der Waals surface area (Å²) in [5, 5.41) is 1.74. The third-order valence-corrected chi connectivity index (χ3v) is 7.41. The van der Waals surface area contributed by atoms with Gasteiger partial charge < -0.3 is 19.1 Å². The largest absolute Gasteiger partial charge is 0.496 e. The van der Waals surface area contributed by atoms with Crippen molar-refractivity contribution in [2.45, 2.75) is 44.6 Å². The van der Waals surface area contributed by atoms with E-state index in [1.807, 2.05) is 35.2 Å². The minimum Gasteiger partial charge on any atom is -0.496 e. The Hall–Kier alpha value is -3.54. The Morgan fingerprint density at radius 3 is 2.40 bits per heavy atom. The smallest absolute Gasteiger partial charge is 0.338 e. The predicted molar refractivity (Wildman–Crippen MR) is 135 cm³/mol. The molecular formula is C29H31NO5. The van der Waals surface area contributed by atoms with Crippen LogP contribution in [0.15, 0.2) is 48.5 Å². The van der Waals surface area contributed by atoms with Gasteiger partial charge in [0.1, 0.15) is 17.1 Å². The van der Waals surface area contributed by atoms with Gasteiger partial charge in [-0.15, -0.1) is 0 Å². The molecule has 1 spiro atoms. The van der Waals surface area contributed by atoms with Crippen LogP contribution in [0.5, 0.6) is 11.5 Å². The first-order valence-electron chi connectivity index (χ1n) is 12.1. The van der Waals surface area contributed by atoms with E-state index in [1.54, 1.807) is 20.3 Å². The lowest BCUT2D eigenvalue weighted by molar-refractivity contribution is -0.0527. The molecule has 0 radical (unpaired) electrons. The lowest BCUT2D eigenvalue weighted by Crippen LogP contribution is -2.51. The van der Waals surface area contributed by atoms with Crippen molar-refractivity contribution in [1.29, 1.82) is 0 Å². The van der Waals surface area contributed by atoms with Gasteiger partial charge in [-0.25, -0.2) is 4.79 Å². The van der Waals surface area contributed by atoms with Gasteiger partial charge in [0.05, 0.1) is 19.8 Å². The van der Waals surface area contributed by atoms with Crippen LogP contribution in [0.4, 0.5) is 0 Å². The molecule has 182 valence electrons. The van der Waals surface area contributed by atoms with E-state index in [4.69, 9.17) is 14.2 Å². The quantitative estimate of drug-likeness (QED) is 0.477. The third kappa shape index (κ3) is 4.11. The number of rotatable bonds is 4. The van der Waals surface area contributed by atoms with Crippen molar-refractivity contribution in [3.05, 3.63) is 70.8 Å². The first-order valence-corrected chi connectivity index (χ1v) is 12.1. The van der Waals surface area contributed by atoms with Gasteiger partial charge in [0.25, 0.3) is 5.91 Å². The highest BCUT2D eigenvalue weighted by Crippen LogP contribution is 2.38. The van der Waals surface area contributed by atoms with E-state index >= 15 is 0 Å². The van der Waals surface area contributed by atoms with Gasteiger partial charge in [0, 0.05) is 48.7 Å². The molecule has 35 heavy (non-hydrogen) atoms. The Morgan fingerprint density at radius 2 is 1.71 bits per heavy atom. The summed E-state index contributed by atoms with van der Waals surface area (Å²) in [7, 11) is 3.22. The highest BCUT2D eigenvalue weighted by Gasteiger charge is 2.43. The van der Waals surface area contributed by atoms with Crippen LogP contribution in [0.25, 0.3) is 10.8 Å². The monoisotopic (exact) mass is 473 g/mol. The van der Waals surface area contributed by atoms with Crippen molar-refractivity contribution in [1.82, 2.24) is 4.90 Å². The average molecular weight is 474 g/mol. The van der Waals surface area contributed by atoms with Gasteiger partial charge in [-0.2, -0.15) is 0 Å². The second-order valence-electron chi connectivity index (χ2n) is 9.85. The second-order valence-corrected chi connectivity index (χ2v) is 9.85. The Morgan fingerprint density at radius 1 is 0.971 bits per heavy atom. The summed E-state index contributed by atoms with van der Waals surface area (Å²) in [6.07, 6.45) is 1.92. The molecule has 0 aliphatic carbocycles. The van der Waals surface area contributed by atoms with Crippen molar-refractivity contribution in [3.8, 4) is 11.5 Å². The van der Waals surface area contributed by atoms with E-state index in [9.17, 15) is 9.59 Å². The number of hydrogen-bond acceptors (Lipinski definition) is 5. The fourth-order valence-electron chi connectivity index (χ4n) is 5.31. The number of carbonyl (C=O) groups is 2. The van der Waals surface area contributed by atoms with E-state index in [2.05, 4.69) is 26.0 Å². The lowest BCUT2D eigenvalue weighted by Gasteiger charge is -2.43. The molecule has 0 N–H and O–H groups in total. The number of fused-ring (bicyclic) bond motifs is 2. The molecule has 3 aromatic carbocycles. The van der Waals surface area contributed by atoms with Crippen LogP contribution >= 0.6 is 0 Å². The second kappa shape index (κ2) is 8.91. The highest BCUT2D eigenvalue weighted by molar-refractivity contribution is 6.02. The van der Waals surface area contributed by atoms with E-state index in [0.717, 1.165) is 21.9 Å². The molecule has 1 amide bonds. The number of hydrogen-bond donors (Lipinski definition) is 0. The van der Waals surface area contributed by atoms with Crippen LogP contribution in [-0.4, -0.2) is 49.7 Å². The van der Waals surface area contributed by atoms with E-state index < -0.39 is 5.60 Å². The van der Waals surface area contributed by atoms with E-state index in [-0.39, 0.29) is 11.9 Å². The van der Waals surface area contributed by atoms with Crippen LogP contribution in [-0.2, 0) is 11.2 Å². The summed E-state index contributed by atoms with van der Waals surface area (Å²) in [6, 6.07) is 15.5. The lowest BCUT2D eigenvalue weighted by atomic mass is 9.80. The molecule has 1 saturated heterocycles. The standard InChI is InChI=1S/C29H31NO5/c1-18(2)19-8-9-20-17-29(35-28(32)23(20)14-19)10-12-30(13-11-29)27(31)21-15-24-22(26(16-21)34-4)6-5-7-25(24)33-3/h5-9,14-16,18H,10-13,17H2,1-4H3. The van der Waals surface area contributed by atoms with Crippen LogP contribution in [0.1, 0.15) is 64.4 Å². The van der Waals surface area contributed by atoms with Crippen LogP contribution < -0.4 is 9.47 Å². The molecule has 2 heterocycles. The predicted octanol–water partition coefficient (Wildman–Crippen LogP) is 5.37. The number of nitrogens with zero attached hydrogens (tertiary/aromatic N) is 1. The molecule has 2 aliphatic heterocycles. The minimum absolute atomic E-state index is 0.0601. The molecule has 5 rings (SSSR count). The molecule has 6 nitrogen and oxygen atoms in total. The van der Waals surface area contributed by atoms with Gasteiger partial charge in [-0.1, -0.05) is 38.1 Å². The van der Waals surface area contributed by atoms with Gasteiger partial charge >= 0.3 is 5.97 Å². The zero-order valence-electron chi connectivity index (χ0n) is 20.7. The molecule has 2 aliphatic rings. The Kier molecular flexibility index (Phi) is 5.91. The molecule has 0 bridgehead atoms. The third-order valence-electron chi connectivity index (χ3n) is 7.41. The minimum atomic E-state index is -0.551. The number of esters is 1. The normalized spacial score (nSPS) is 16.8. The maximum Gasteiger partial charge on any atom is 0.338 e. The number of ether oxygens (including phenoxy) is 3. The molecule has 0 saturated carbocycles. The fourth-order valence-corrected chi connectivity index (χ4v) is 5.31. The van der Waals surface area contributed by atoms with Crippen molar-refractivity contribution < 1.29 is 23.8 Å². The van der Waals surface area contributed by atoms with Crippen molar-refractivity contribution in [2.75, 3.05) is 27.3 Å². The summed E-state index contributed by atoms with van der Waals surface area (Å²) in [6.45, 7) is 5.28. The molecule has 1 fully saturated rings. The first-order chi connectivity index (χ1) is 16.8. The SMILES string of the molecule is COc1cc(C(=O)N2CCC3(CC2)Cc2ccc(C(C)C)cc2C(=O)O3)cc2c(OC)cccc12.